The summed E-state index contributed by atoms with van der Waals surface area (Å²) in [5.41, 5.74) is 7.25. The van der Waals surface area contributed by atoms with Gasteiger partial charge in [0.2, 0.25) is 0 Å². The van der Waals surface area contributed by atoms with Gasteiger partial charge in [0.15, 0.2) is 13.5 Å². The van der Waals surface area contributed by atoms with E-state index in [1.807, 2.05) is 13.8 Å². The summed E-state index contributed by atoms with van der Waals surface area (Å²) in [7, 11) is 5.84. The highest BCUT2D eigenvalue weighted by Gasteiger charge is 2.12. The molecule has 0 fully saturated rings. The van der Waals surface area contributed by atoms with Crippen molar-refractivity contribution in [1.29, 1.82) is 0 Å². The van der Waals surface area contributed by atoms with Gasteiger partial charge in [-0.25, -0.2) is 19.9 Å². The van der Waals surface area contributed by atoms with Gasteiger partial charge in [-0.05, 0) is 39.8 Å². The van der Waals surface area contributed by atoms with Crippen LogP contribution < -0.4 is 5.72 Å². The third-order valence-corrected chi connectivity index (χ3v) is 3.45. The second-order valence-corrected chi connectivity index (χ2v) is 5.37. The van der Waals surface area contributed by atoms with E-state index in [0.29, 0.717) is 11.2 Å². The molecule has 0 amide bonds. The van der Waals surface area contributed by atoms with Gasteiger partial charge in [-0.2, -0.15) is 0 Å². The monoisotopic (exact) mass is 274 g/mol. The van der Waals surface area contributed by atoms with Crippen LogP contribution in [0.15, 0.2) is 18.2 Å². The maximum atomic E-state index is 5.84. The van der Waals surface area contributed by atoms with Crippen molar-refractivity contribution in [2.24, 2.45) is 0 Å². The van der Waals surface area contributed by atoms with Gasteiger partial charge in [0.05, 0.1) is 17.1 Å². The molecule has 0 aliphatic carbocycles. The molecule has 3 aromatic rings. The molecule has 2 radical (unpaired) electrons. The summed E-state index contributed by atoms with van der Waals surface area (Å²) >= 11 is 0. The van der Waals surface area contributed by atoms with Gasteiger partial charge in [-0.3, -0.25) is 0 Å². The van der Waals surface area contributed by atoms with Crippen molar-refractivity contribution in [1.82, 2.24) is 19.9 Å². The molecule has 102 valence electrons. The molecule has 0 saturated heterocycles. The average Bonchev–Trinajstić information content (AvgIpc) is 2.38. The summed E-state index contributed by atoms with van der Waals surface area (Å²) in [5.74, 6) is 0. The average molecular weight is 274 g/mol. The Morgan fingerprint density at radius 1 is 0.762 bits per heavy atom. The Balaban J connectivity index is 2.38. The molecule has 3 rings (SSSR count). The van der Waals surface area contributed by atoms with E-state index in [9.17, 15) is 0 Å². The molecule has 2 aromatic heterocycles. The fourth-order valence-electron chi connectivity index (χ4n) is 2.44. The SMILES string of the molecule is [B]c1nc(-c2cc(C)cc(C)c2)c2nc(C)c(C)nc2n1. The third-order valence-electron chi connectivity index (χ3n) is 3.45. The van der Waals surface area contributed by atoms with Gasteiger partial charge in [-0.15, -0.1) is 0 Å². The Hall–Kier alpha value is -2.30. The highest BCUT2D eigenvalue weighted by molar-refractivity contribution is 6.29. The van der Waals surface area contributed by atoms with Crippen molar-refractivity contribution >= 4 is 24.7 Å². The normalized spacial score (nSPS) is 11.0. The molecule has 0 aliphatic rings. The number of fused-ring (bicyclic) bond motifs is 1. The predicted molar refractivity (Wildman–Crippen MR) is 84.9 cm³/mol. The minimum absolute atomic E-state index is 0.217. The first kappa shape index (κ1) is 13.7. The third kappa shape index (κ3) is 2.51. The fourth-order valence-corrected chi connectivity index (χ4v) is 2.44. The zero-order valence-electron chi connectivity index (χ0n) is 12.6. The number of benzene rings is 1. The van der Waals surface area contributed by atoms with E-state index in [1.54, 1.807) is 0 Å². The summed E-state index contributed by atoms with van der Waals surface area (Å²) in [6.07, 6.45) is 0. The van der Waals surface area contributed by atoms with Gasteiger partial charge in [0, 0.05) is 5.56 Å². The van der Waals surface area contributed by atoms with E-state index >= 15 is 0 Å². The van der Waals surface area contributed by atoms with Gasteiger partial charge >= 0.3 is 0 Å². The molecule has 0 spiro atoms. The van der Waals surface area contributed by atoms with E-state index in [-0.39, 0.29) is 5.72 Å². The molecule has 0 N–H and O–H groups in total. The maximum absolute atomic E-state index is 5.84. The number of nitrogens with zero attached hydrogens (tertiary/aromatic N) is 4. The lowest BCUT2D eigenvalue weighted by Gasteiger charge is -2.10. The Kier molecular flexibility index (Phi) is 3.20. The van der Waals surface area contributed by atoms with Crippen molar-refractivity contribution in [2.45, 2.75) is 27.7 Å². The predicted octanol–water partition coefficient (Wildman–Crippen LogP) is 2.11. The number of hydrogen-bond acceptors (Lipinski definition) is 4. The zero-order valence-corrected chi connectivity index (χ0v) is 12.6. The molecule has 0 aliphatic heterocycles. The van der Waals surface area contributed by atoms with Crippen molar-refractivity contribution in [3.05, 3.63) is 40.7 Å². The zero-order chi connectivity index (χ0) is 15.1. The van der Waals surface area contributed by atoms with Crippen LogP contribution in [0.2, 0.25) is 0 Å². The minimum Gasteiger partial charge on any atom is -0.246 e. The standard InChI is InChI=1S/C16H15BN4/c1-8-5-9(2)7-12(6-8)13-14-15(21-16(17)20-13)19-11(4)10(3)18-14/h5-7H,1-4H3. The Morgan fingerprint density at radius 3 is 2.05 bits per heavy atom. The second-order valence-electron chi connectivity index (χ2n) is 5.37. The van der Waals surface area contributed by atoms with Crippen LogP contribution in [0.5, 0.6) is 0 Å². The van der Waals surface area contributed by atoms with Crippen molar-refractivity contribution in [3.63, 3.8) is 0 Å². The lowest BCUT2D eigenvalue weighted by molar-refractivity contribution is 1.07. The van der Waals surface area contributed by atoms with Gasteiger partial charge in [-0.1, -0.05) is 17.2 Å². The smallest absolute Gasteiger partial charge is 0.181 e. The summed E-state index contributed by atoms with van der Waals surface area (Å²) in [6.45, 7) is 7.97. The van der Waals surface area contributed by atoms with E-state index in [0.717, 1.165) is 22.6 Å². The topological polar surface area (TPSA) is 51.6 Å². The van der Waals surface area contributed by atoms with E-state index < -0.39 is 0 Å². The van der Waals surface area contributed by atoms with Gasteiger partial charge in [0.25, 0.3) is 0 Å². The molecule has 1 aromatic carbocycles. The van der Waals surface area contributed by atoms with Crippen molar-refractivity contribution in [2.75, 3.05) is 0 Å². The molecular formula is C16H15BN4. The molecule has 2 heterocycles. The first-order valence-electron chi connectivity index (χ1n) is 6.81. The molecule has 5 heteroatoms. The van der Waals surface area contributed by atoms with Crippen LogP contribution in [0.3, 0.4) is 0 Å². The number of hydrogen-bond donors (Lipinski definition) is 0. The molecule has 0 atom stereocenters. The van der Waals surface area contributed by atoms with Crippen LogP contribution in [-0.2, 0) is 0 Å². The first-order valence-corrected chi connectivity index (χ1v) is 6.81. The largest absolute Gasteiger partial charge is 0.246 e. The molecule has 0 bridgehead atoms. The molecule has 4 nitrogen and oxygen atoms in total. The van der Waals surface area contributed by atoms with Gasteiger partial charge in [0.1, 0.15) is 11.2 Å². The first-order chi connectivity index (χ1) is 9.94. The second kappa shape index (κ2) is 4.92. The van der Waals surface area contributed by atoms with E-state index in [4.69, 9.17) is 7.85 Å². The van der Waals surface area contributed by atoms with Crippen LogP contribution >= 0.6 is 0 Å². The highest BCUT2D eigenvalue weighted by Crippen LogP contribution is 2.25. The Morgan fingerprint density at radius 2 is 1.38 bits per heavy atom. The fraction of sp³-hybridized carbons (Fsp3) is 0.250. The quantitative estimate of drug-likeness (QED) is 0.638. The lowest BCUT2D eigenvalue weighted by Crippen LogP contribution is -2.16. The van der Waals surface area contributed by atoms with Crippen LogP contribution in [0.4, 0.5) is 0 Å². The van der Waals surface area contributed by atoms with Crippen molar-refractivity contribution in [3.8, 4) is 11.3 Å². The van der Waals surface area contributed by atoms with Crippen LogP contribution in [0.25, 0.3) is 22.4 Å². The number of aromatic nitrogens is 4. The Labute approximate surface area is 125 Å². The summed E-state index contributed by atoms with van der Waals surface area (Å²) in [4.78, 5) is 17.7. The maximum Gasteiger partial charge on any atom is 0.181 e. The summed E-state index contributed by atoms with van der Waals surface area (Å²) in [6, 6.07) is 6.27. The molecule has 0 saturated carbocycles. The molecule has 21 heavy (non-hydrogen) atoms. The number of rotatable bonds is 1. The molecule has 0 unspecified atom stereocenters. The van der Waals surface area contributed by atoms with Crippen LogP contribution in [-0.4, -0.2) is 27.8 Å². The highest BCUT2D eigenvalue weighted by atomic mass is 15.0. The lowest BCUT2D eigenvalue weighted by atomic mass is 10.0. The summed E-state index contributed by atoms with van der Waals surface area (Å²) < 4.78 is 0. The van der Waals surface area contributed by atoms with Gasteiger partial charge < -0.3 is 0 Å². The Bertz CT molecular complexity index is 838. The minimum atomic E-state index is 0.217. The van der Waals surface area contributed by atoms with Crippen molar-refractivity contribution < 1.29 is 0 Å². The van der Waals surface area contributed by atoms with Crippen LogP contribution in [0, 0.1) is 27.7 Å². The van der Waals surface area contributed by atoms with E-state index in [2.05, 4.69) is 52.0 Å². The molecular weight excluding hydrogens is 259 g/mol. The number of aryl methyl sites for hydroxylation is 4. The van der Waals surface area contributed by atoms with Crippen LogP contribution in [0.1, 0.15) is 22.5 Å². The summed E-state index contributed by atoms with van der Waals surface area (Å²) in [5, 5.41) is 0. The van der Waals surface area contributed by atoms with E-state index in [1.165, 1.54) is 11.1 Å².